The predicted octanol–water partition coefficient (Wildman–Crippen LogP) is 2.52. The molecule has 1 aliphatic rings. The third-order valence-electron chi connectivity index (χ3n) is 3.14. The molecular weight excluding hydrogens is 335 g/mol. The molecule has 2 aromatic heterocycles. The molecule has 0 aromatic carbocycles. The molecule has 1 aliphatic heterocycles. The molecule has 0 bridgehead atoms. The van der Waals surface area contributed by atoms with Gasteiger partial charge in [-0.1, -0.05) is 6.07 Å². The van der Waals surface area contributed by atoms with Crippen LogP contribution in [0.25, 0.3) is 10.6 Å². The Morgan fingerprint density at radius 2 is 2.24 bits per heavy atom. The first-order valence-corrected chi connectivity index (χ1v) is 9.45. The van der Waals surface area contributed by atoms with E-state index in [4.69, 9.17) is 0 Å². The van der Waals surface area contributed by atoms with Gasteiger partial charge in [-0.15, -0.1) is 26.6 Å². The van der Waals surface area contributed by atoms with E-state index >= 15 is 0 Å². The number of rotatable bonds is 4. The number of hydrogen-bond acceptors (Lipinski definition) is 6. The molecule has 21 heavy (non-hydrogen) atoms. The quantitative estimate of drug-likeness (QED) is 0.798. The maximum Gasteiger partial charge on any atom is 0.302 e. The van der Waals surface area contributed by atoms with E-state index in [0.29, 0.717) is 5.13 Å². The van der Waals surface area contributed by atoms with Gasteiger partial charge in [-0.2, -0.15) is 8.42 Å². The van der Waals surface area contributed by atoms with Gasteiger partial charge in [-0.25, -0.2) is 4.98 Å². The van der Waals surface area contributed by atoms with E-state index < -0.39 is 21.9 Å². The lowest BCUT2D eigenvalue weighted by Gasteiger charge is -2.12. The van der Waals surface area contributed by atoms with Crippen LogP contribution < -0.4 is 4.90 Å². The number of halogens is 1. The molecular formula is C12H11FN2O3S3. The van der Waals surface area contributed by atoms with Crippen LogP contribution >= 0.6 is 22.7 Å². The van der Waals surface area contributed by atoms with Crippen molar-refractivity contribution in [3.05, 3.63) is 22.9 Å². The predicted molar refractivity (Wildman–Crippen MR) is 80.8 cm³/mol. The van der Waals surface area contributed by atoms with Crippen molar-refractivity contribution in [3.63, 3.8) is 0 Å². The van der Waals surface area contributed by atoms with E-state index in [2.05, 4.69) is 4.98 Å². The van der Waals surface area contributed by atoms with Gasteiger partial charge in [0, 0.05) is 24.3 Å². The molecule has 3 rings (SSSR count). The summed E-state index contributed by atoms with van der Waals surface area (Å²) in [5.74, 6) is -1.34. The lowest BCUT2D eigenvalue weighted by Crippen LogP contribution is -2.25. The van der Waals surface area contributed by atoms with Crippen molar-refractivity contribution < 1.29 is 17.1 Å². The van der Waals surface area contributed by atoms with Gasteiger partial charge in [0.2, 0.25) is 5.91 Å². The number of hydrogen-bond donors (Lipinski definition) is 0. The van der Waals surface area contributed by atoms with E-state index in [0.717, 1.165) is 10.6 Å². The van der Waals surface area contributed by atoms with Crippen LogP contribution in [0.4, 0.5) is 9.02 Å². The van der Waals surface area contributed by atoms with Gasteiger partial charge in [-0.05, 0) is 11.4 Å². The fourth-order valence-electron chi connectivity index (χ4n) is 2.29. The zero-order valence-electron chi connectivity index (χ0n) is 10.7. The zero-order valence-corrected chi connectivity index (χ0v) is 13.2. The summed E-state index contributed by atoms with van der Waals surface area (Å²) >= 11 is 2.88. The molecule has 112 valence electrons. The molecule has 1 amide bonds. The van der Waals surface area contributed by atoms with Crippen LogP contribution in [-0.4, -0.2) is 31.6 Å². The highest BCUT2D eigenvalue weighted by atomic mass is 32.3. The number of thiazole rings is 1. The maximum atomic E-state index is 12.7. The first-order valence-electron chi connectivity index (χ1n) is 6.14. The number of aromatic nitrogens is 1. The van der Waals surface area contributed by atoms with E-state index in [-0.39, 0.29) is 18.9 Å². The molecule has 9 heteroatoms. The van der Waals surface area contributed by atoms with Crippen LogP contribution in [0.5, 0.6) is 0 Å². The molecule has 0 radical (unpaired) electrons. The minimum atomic E-state index is -4.56. The monoisotopic (exact) mass is 346 g/mol. The maximum absolute atomic E-state index is 12.7. The molecule has 1 fully saturated rings. The van der Waals surface area contributed by atoms with Gasteiger partial charge in [0.05, 0.1) is 16.3 Å². The van der Waals surface area contributed by atoms with Crippen LogP contribution in [0.3, 0.4) is 0 Å². The van der Waals surface area contributed by atoms with Gasteiger partial charge in [0.25, 0.3) is 0 Å². The topological polar surface area (TPSA) is 67.3 Å². The Balaban J connectivity index is 1.77. The Labute approximate surface area is 129 Å². The van der Waals surface area contributed by atoms with E-state index in [9.17, 15) is 17.1 Å². The third-order valence-corrected chi connectivity index (χ3v) is 5.76. The minimum absolute atomic E-state index is 0.0388. The Bertz CT molecular complexity index is 755. The Kier molecular flexibility index (Phi) is 3.80. The van der Waals surface area contributed by atoms with Crippen molar-refractivity contribution in [2.24, 2.45) is 5.92 Å². The van der Waals surface area contributed by atoms with Gasteiger partial charge >= 0.3 is 10.2 Å². The highest BCUT2D eigenvalue weighted by Crippen LogP contribution is 2.33. The highest BCUT2D eigenvalue weighted by Gasteiger charge is 2.35. The molecule has 3 heterocycles. The first kappa shape index (κ1) is 14.6. The van der Waals surface area contributed by atoms with Gasteiger partial charge in [0.1, 0.15) is 0 Å². The summed E-state index contributed by atoms with van der Waals surface area (Å²) in [6.45, 7) is 0.194. The summed E-state index contributed by atoms with van der Waals surface area (Å²) in [7, 11) is -4.56. The van der Waals surface area contributed by atoms with Crippen molar-refractivity contribution in [1.82, 2.24) is 4.98 Å². The highest BCUT2D eigenvalue weighted by molar-refractivity contribution is 7.86. The number of thiophene rings is 1. The number of nitrogens with zero attached hydrogens (tertiary/aromatic N) is 2. The van der Waals surface area contributed by atoms with Crippen LogP contribution in [0.1, 0.15) is 6.42 Å². The summed E-state index contributed by atoms with van der Waals surface area (Å²) in [4.78, 5) is 18.8. The lowest BCUT2D eigenvalue weighted by molar-refractivity contribution is -0.117. The molecule has 1 unspecified atom stereocenters. The third kappa shape index (κ3) is 3.30. The molecule has 0 aliphatic carbocycles. The number of carbonyl (C=O) groups is 1. The molecule has 0 spiro atoms. The molecule has 1 saturated heterocycles. The summed E-state index contributed by atoms with van der Waals surface area (Å²) in [6.07, 6.45) is 0.0388. The van der Waals surface area contributed by atoms with Gasteiger partial charge in [0.15, 0.2) is 5.13 Å². The standard InChI is InChI=1S/C12H11FN2O3S3/c13-21(17,18)7-8-4-11(16)15(5-8)12-14-9(6-20-12)10-2-1-3-19-10/h1-3,6,8H,4-5,7H2. The number of amides is 1. The summed E-state index contributed by atoms with van der Waals surface area (Å²) in [5, 5.41) is 4.33. The summed E-state index contributed by atoms with van der Waals surface area (Å²) < 4.78 is 34.1. The van der Waals surface area contributed by atoms with Crippen molar-refractivity contribution in [2.75, 3.05) is 17.2 Å². The van der Waals surface area contributed by atoms with Crippen molar-refractivity contribution in [3.8, 4) is 10.6 Å². The van der Waals surface area contributed by atoms with E-state index in [1.165, 1.54) is 16.2 Å². The first-order chi connectivity index (χ1) is 9.92. The summed E-state index contributed by atoms with van der Waals surface area (Å²) in [5.41, 5.74) is 0.791. The second kappa shape index (κ2) is 5.47. The Morgan fingerprint density at radius 1 is 1.43 bits per heavy atom. The zero-order chi connectivity index (χ0) is 15.0. The fraction of sp³-hybridized carbons (Fsp3) is 0.333. The molecule has 0 saturated carbocycles. The number of carbonyl (C=O) groups excluding carboxylic acids is 1. The average Bonchev–Trinajstić information content (AvgIpc) is 3.06. The van der Waals surface area contributed by atoms with Crippen LogP contribution in [-0.2, 0) is 15.0 Å². The number of anilines is 1. The Hall–Kier alpha value is -1.32. The Morgan fingerprint density at radius 3 is 2.90 bits per heavy atom. The van der Waals surface area contributed by atoms with Crippen molar-refractivity contribution in [1.29, 1.82) is 0 Å². The second-order valence-corrected chi connectivity index (χ2v) is 7.97. The molecule has 5 nitrogen and oxygen atoms in total. The molecule has 0 N–H and O–H groups in total. The van der Waals surface area contributed by atoms with Crippen LogP contribution in [0.2, 0.25) is 0 Å². The minimum Gasteiger partial charge on any atom is -0.288 e. The van der Waals surface area contributed by atoms with Gasteiger partial charge < -0.3 is 0 Å². The van der Waals surface area contributed by atoms with E-state index in [1.807, 2.05) is 22.9 Å². The van der Waals surface area contributed by atoms with Crippen LogP contribution in [0, 0.1) is 5.92 Å². The van der Waals surface area contributed by atoms with Gasteiger partial charge in [-0.3, -0.25) is 9.69 Å². The smallest absolute Gasteiger partial charge is 0.288 e. The SMILES string of the molecule is O=C1CC(CS(=O)(=O)F)CN1c1nc(-c2cccs2)cs1. The summed E-state index contributed by atoms with van der Waals surface area (Å²) in [6, 6.07) is 3.86. The average molecular weight is 346 g/mol. The second-order valence-electron chi connectivity index (χ2n) is 4.77. The van der Waals surface area contributed by atoms with Crippen LogP contribution in [0.15, 0.2) is 22.9 Å². The molecule has 2 aromatic rings. The normalized spacial score (nSPS) is 19.4. The fourth-order valence-corrected chi connectivity index (χ4v) is 4.68. The lowest BCUT2D eigenvalue weighted by atomic mass is 10.1. The van der Waals surface area contributed by atoms with Crippen molar-refractivity contribution >= 4 is 43.9 Å². The molecule has 1 atom stereocenters. The van der Waals surface area contributed by atoms with Crippen molar-refractivity contribution in [2.45, 2.75) is 6.42 Å². The van der Waals surface area contributed by atoms with E-state index in [1.54, 1.807) is 11.3 Å². The largest absolute Gasteiger partial charge is 0.302 e.